The smallest absolute Gasteiger partial charge is 0.214 e. The number of rotatable bonds is 3. The van der Waals surface area contributed by atoms with Gasteiger partial charge in [-0.3, -0.25) is 0 Å². The topological polar surface area (TPSA) is 58.2 Å². The number of hydrogen-bond donors (Lipinski definition) is 2. The molecule has 2 N–H and O–H groups in total. The second kappa shape index (κ2) is 3.43. The molecule has 4 nitrogen and oxygen atoms in total. The molecular weight excluding hydrogens is 212 g/mol. The van der Waals surface area contributed by atoms with E-state index >= 15 is 0 Å². The van der Waals surface area contributed by atoms with E-state index in [1.54, 1.807) is 0 Å². The van der Waals surface area contributed by atoms with Gasteiger partial charge in [-0.15, -0.1) is 0 Å². The normalized spacial score (nSPS) is 40.7. The number of nitrogens with one attached hydrogen (secondary N) is 2. The lowest BCUT2D eigenvalue weighted by molar-refractivity contribution is 0.345. The van der Waals surface area contributed by atoms with Gasteiger partial charge in [0.1, 0.15) is 0 Å². The van der Waals surface area contributed by atoms with Crippen LogP contribution in [0.4, 0.5) is 0 Å². The first kappa shape index (κ1) is 10.1. The van der Waals surface area contributed by atoms with Gasteiger partial charge in [0.05, 0.1) is 5.25 Å². The zero-order valence-electron chi connectivity index (χ0n) is 8.78. The van der Waals surface area contributed by atoms with Crippen molar-refractivity contribution >= 4 is 10.0 Å². The Balaban J connectivity index is 1.64. The van der Waals surface area contributed by atoms with Crippen LogP contribution in [0.3, 0.4) is 0 Å². The third-order valence-electron chi connectivity index (χ3n) is 3.79. The molecule has 1 aliphatic heterocycles. The molecule has 3 atom stereocenters. The summed E-state index contributed by atoms with van der Waals surface area (Å²) in [6.45, 7) is 1.08. The molecule has 0 aromatic heterocycles. The minimum atomic E-state index is -2.98. The van der Waals surface area contributed by atoms with Crippen molar-refractivity contribution in [1.29, 1.82) is 0 Å². The quantitative estimate of drug-likeness (QED) is 0.728. The molecule has 3 aliphatic rings. The maximum atomic E-state index is 11.8. The predicted octanol–water partition coefficient (Wildman–Crippen LogP) is 0.209. The van der Waals surface area contributed by atoms with E-state index < -0.39 is 10.0 Å². The molecule has 2 saturated carbocycles. The van der Waals surface area contributed by atoms with Crippen LogP contribution in [-0.2, 0) is 10.0 Å². The largest absolute Gasteiger partial charge is 0.314 e. The summed E-state index contributed by atoms with van der Waals surface area (Å²) in [5, 5.41) is 3.37. The maximum Gasteiger partial charge on any atom is 0.214 e. The predicted molar refractivity (Wildman–Crippen MR) is 58.0 cm³/mol. The van der Waals surface area contributed by atoms with Crippen LogP contribution in [-0.4, -0.2) is 32.3 Å². The Labute approximate surface area is 90.9 Å². The first-order valence-corrected chi connectivity index (χ1v) is 7.42. The van der Waals surface area contributed by atoms with Crippen molar-refractivity contribution in [3.05, 3.63) is 0 Å². The molecule has 2 bridgehead atoms. The molecule has 3 fully saturated rings. The van der Waals surface area contributed by atoms with Gasteiger partial charge < -0.3 is 5.32 Å². The van der Waals surface area contributed by atoms with E-state index in [1.807, 2.05) is 0 Å². The van der Waals surface area contributed by atoms with Gasteiger partial charge in [0.25, 0.3) is 0 Å². The molecule has 0 amide bonds. The summed E-state index contributed by atoms with van der Waals surface area (Å²) in [7, 11) is -2.98. The molecule has 0 aromatic rings. The molecule has 2 aliphatic carbocycles. The van der Waals surface area contributed by atoms with E-state index in [4.69, 9.17) is 0 Å². The molecule has 0 spiro atoms. The van der Waals surface area contributed by atoms with E-state index in [9.17, 15) is 8.42 Å². The molecule has 3 rings (SSSR count). The third-order valence-corrected chi connectivity index (χ3v) is 5.81. The fourth-order valence-electron chi connectivity index (χ4n) is 2.91. The summed E-state index contributed by atoms with van der Waals surface area (Å²) in [5.74, 6) is 0.690. The highest BCUT2D eigenvalue weighted by molar-refractivity contribution is 7.90. The van der Waals surface area contributed by atoms with Crippen molar-refractivity contribution in [2.75, 3.05) is 6.54 Å². The summed E-state index contributed by atoms with van der Waals surface area (Å²) in [6.07, 6.45) is 4.94. The minimum absolute atomic E-state index is 0.0787. The summed E-state index contributed by atoms with van der Waals surface area (Å²) in [5.41, 5.74) is 0. The molecule has 3 unspecified atom stereocenters. The number of sulfonamides is 1. The van der Waals surface area contributed by atoms with Gasteiger partial charge in [-0.1, -0.05) is 0 Å². The Morgan fingerprint density at radius 1 is 1.13 bits per heavy atom. The van der Waals surface area contributed by atoms with Crippen molar-refractivity contribution in [3.8, 4) is 0 Å². The Morgan fingerprint density at radius 3 is 2.60 bits per heavy atom. The van der Waals surface area contributed by atoms with E-state index in [0.717, 1.165) is 32.2 Å². The van der Waals surface area contributed by atoms with E-state index in [0.29, 0.717) is 12.0 Å². The highest BCUT2D eigenvalue weighted by atomic mass is 32.2. The van der Waals surface area contributed by atoms with Crippen LogP contribution in [0, 0.1) is 5.92 Å². The maximum absolute atomic E-state index is 11.8. The van der Waals surface area contributed by atoms with Gasteiger partial charge in [0.15, 0.2) is 0 Å². The second-order valence-electron chi connectivity index (χ2n) is 5.24. The van der Waals surface area contributed by atoms with Gasteiger partial charge in [0.2, 0.25) is 10.0 Å². The molecule has 86 valence electrons. The third kappa shape index (κ3) is 2.05. The monoisotopic (exact) mass is 230 g/mol. The minimum Gasteiger partial charge on any atom is -0.314 e. The van der Waals surface area contributed by atoms with Crippen LogP contribution in [0.2, 0.25) is 0 Å². The van der Waals surface area contributed by atoms with Crippen LogP contribution < -0.4 is 10.0 Å². The lowest BCUT2D eigenvalue weighted by Crippen LogP contribution is -2.42. The SMILES string of the molecule is O=S(=O)(NC1CC2CNC(C2)C1)C1CC1. The van der Waals surface area contributed by atoms with Gasteiger partial charge in [-0.25, -0.2) is 13.1 Å². The summed E-state index contributed by atoms with van der Waals surface area (Å²) in [6, 6.07) is 0.741. The van der Waals surface area contributed by atoms with Gasteiger partial charge in [0, 0.05) is 12.1 Å². The van der Waals surface area contributed by atoms with Crippen LogP contribution in [0.1, 0.15) is 32.1 Å². The highest BCUT2D eigenvalue weighted by Gasteiger charge is 2.40. The van der Waals surface area contributed by atoms with Crippen LogP contribution in [0.25, 0.3) is 0 Å². The van der Waals surface area contributed by atoms with Crippen molar-refractivity contribution in [1.82, 2.24) is 10.0 Å². The molecule has 5 heteroatoms. The van der Waals surface area contributed by atoms with Crippen molar-refractivity contribution in [2.24, 2.45) is 5.92 Å². The summed E-state index contributed by atoms with van der Waals surface area (Å²) in [4.78, 5) is 0. The van der Waals surface area contributed by atoms with Crippen molar-refractivity contribution < 1.29 is 8.42 Å². The first-order valence-electron chi connectivity index (χ1n) is 5.88. The summed E-state index contributed by atoms with van der Waals surface area (Å²) < 4.78 is 26.4. The lowest BCUT2D eigenvalue weighted by Gasteiger charge is -2.27. The highest BCUT2D eigenvalue weighted by Crippen LogP contribution is 2.32. The van der Waals surface area contributed by atoms with Gasteiger partial charge >= 0.3 is 0 Å². The number of hydrogen-bond acceptors (Lipinski definition) is 3. The lowest BCUT2D eigenvalue weighted by atomic mass is 9.87. The average Bonchev–Trinajstić information content (AvgIpc) is 2.93. The standard InChI is InChI=1S/C10H18N2O2S/c13-15(14,10-1-2-10)12-9-4-7-3-8(5-9)11-6-7/h7-12H,1-6H2. The van der Waals surface area contributed by atoms with Crippen molar-refractivity contribution in [2.45, 2.75) is 49.4 Å². The van der Waals surface area contributed by atoms with Gasteiger partial charge in [-0.05, 0) is 44.6 Å². The molecule has 15 heavy (non-hydrogen) atoms. The van der Waals surface area contributed by atoms with Crippen LogP contribution in [0.5, 0.6) is 0 Å². The fraction of sp³-hybridized carbons (Fsp3) is 1.00. The Hall–Kier alpha value is -0.130. The van der Waals surface area contributed by atoms with E-state index in [-0.39, 0.29) is 11.3 Å². The molecule has 0 radical (unpaired) electrons. The average molecular weight is 230 g/mol. The molecule has 1 heterocycles. The summed E-state index contributed by atoms with van der Waals surface area (Å²) >= 11 is 0. The molecule has 0 aromatic carbocycles. The zero-order valence-corrected chi connectivity index (χ0v) is 9.59. The Kier molecular flexibility index (Phi) is 2.30. The second-order valence-corrected chi connectivity index (χ2v) is 7.23. The fourth-order valence-corrected chi connectivity index (χ4v) is 4.51. The number of fused-ring (bicyclic) bond motifs is 2. The van der Waals surface area contributed by atoms with Crippen molar-refractivity contribution in [3.63, 3.8) is 0 Å². The zero-order chi connectivity index (χ0) is 10.5. The van der Waals surface area contributed by atoms with Crippen LogP contribution >= 0.6 is 0 Å². The van der Waals surface area contributed by atoms with Gasteiger partial charge in [-0.2, -0.15) is 0 Å². The molecule has 1 saturated heterocycles. The van der Waals surface area contributed by atoms with E-state index in [1.165, 1.54) is 6.42 Å². The Morgan fingerprint density at radius 2 is 1.93 bits per heavy atom. The Bertz CT molecular complexity index is 338. The first-order chi connectivity index (χ1) is 7.13. The van der Waals surface area contributed by atoms with E-state index in [2.05, 4.69) is 10.0 Å². The van der Waals surface area contributed by atoms with Crippen LogP contribution in [0.15, 0.2) is 0 Å². The molecular formula is C10H18N2O2S.